The van der Waals surface area contributed by atoms with Crippen molar-refractivity contribution in [1.29, 1.82) is 0 Å². The number of ketones is 1. The van der Waals surface area contributed by atoms with Crippen molar-refractivity contribution in [2.45, 2.75) is 13.8 Å². The van der Waals surface area contributed by atoms with Crippen molar-refractivity contribution in [1.82, 2.24) is 4.98 Å². The summed E-state index contributed by atoms with van der Waals surface area (Å²) in [6.07, 6.45) is 3.19. The molecule has 1 N–H and O–H groups in total. The smallest absolute Gasteiger partial charge is 0.155 e. The van der Waals surface area contributed by atoms with E-state index in [-0.39, 0.29) is 31.6 Å². The maximum absolute atomic E-state index is 10.0. The number of aromatic nitrogens is 1. The Balaban J connectivity index is 0.000000338. The number of hydrogen-bond donors (Lipinski definition) is 1. The predicted molar refractivity (Wildman–Crippen MR) is 146 cm³/mol. The van der Waals surface area contributed by atoms with Gasteiger partial charge in [-0.05, 0) is 46.5 Å². The summed E-state index contributed by atoms with van der Waals surface area (Å²) in [5, 5.41) is 18.3. The van der Waals surface area contributed by atoms with E-state index in [1.807, 2.05) is 12.3 Å². The Morgan fingerprint density at radius 1 is 0.750 bits per heavy atom. The maximum Gasteiger partial charge on any atom is 0.155 e. The molecule has 6 aromatic rings. The number of pyridine rings is 1. The van der Waals surface area contributed by atoms with E-state index < -0.39 is 0 Å². The quantitative estimate of drug-likeness (QED) is 0.0894. The zero-order valence-electron chi connectivity index (χ0n) is 20.0. The van der Waals surface area contributed by atoms with E-state index in [2.05, 4.69) is 91.0 Å². The van der Waals surface area contributed by atoms with Crippen LogP contribution in [0.3, 0.4) is 0 Å². The third-order valence-electron chi connectivity index (χ3n) is 6.02. The molecule has 0 atom stereocenters. The summed E-state index contributed by atoms with van der Waals surface area (Å²) in [4.78, 5) is 14.9. The van der Waals surface area contributed by atoms with Crippen molar-refractivity contribution in [3.05, 3.63) is 115 Å². The number of carbonyl (C=O) groups is 1. The molecule has 1 radical (unpaired) electrons. The molecule has 0 aliphatic heterocycles. The number of rotatable bonds is 2. The van der Waals surface area contributed by atoms with Crippen molar-refractivity contribution in [3.63, 3.8) is 0 Å². The van der Waals surface area contributed by atoms with E-state index in [0.29, 0.717) is 0 Å². The molecule has 0 aliphatic rings. The number of nitrogens with zero attached hydrogens (tertiary/aromatic N) is 1. The third-order valence-corrected chi connectivity index (χ3v) is 6.02. The zero-order chi connectivity index (χ0) is 24.4. The standard InChI is InChI=1S/C27H16N.C5H8O2.Ir/c1-2-10-19-18(8-1)9-7-15-24(19)27-16-25-22-13-5-3-11-20(22)21-12-4-6-14-23(21)26(25)17-28-27;1-4(6)3-5(2)7;/h1-14,16-17H;3,6H,1-2H3;/q-1;;/b;4-3-;. The fraction of sp³-hybridized carbons (Fsp3) is 0.0625. The van der Waals surface area contributed by atoms with Crippen molar-refractivity contribution in [2.24, 2.45) is 0 Å². The average molecular weight is 647 g/mol. The van der Waals surface area contributed by atoms with Crippen molar-refractivity contribution in [2.75, 3.05) is 0 Å². The molecule has 4 heteroatoms. The van der Waals surface area contributed by atoms with Crippen LogP contribution in [-0.2, 0) is 24.9 Å². The van der Waals surface area contributed by atoms with Crippen LogP contribution in [0.1, 0.15) is 13.8 Å². The third kappa shape index (κ3) is 4.92. The number of benzene rings is 5. The minimum absolute atomic E-state index is 0. The Labute approximate surface area is 223 Å². The molecule has 0 amide bonds. The topological polar surface area (TPSA) is 50.2 Å². The van der Waals surface area contributed by atoms with Gasteiger partial charge in [-0.1, -0.05) is 84.2 Å². The number of aliphatic hydroxyl groups excluding tert-OH is 1. The van der Waals surface area contributed by atoms with Gasteiger partial charge in [0.15, 0.2) is 5.78 Å². The van der Waals surface area contributed by atoms with Gasteiger partial charge >= 0.3 is 0 Å². The molecule has 1 aromatic heterocycles. The Morgan fingerprint density at radius 3 is 1.83 bits per heavy atom. The molecule has 0 unspecified atom stereocenters. The second-order valence-corrected chi connectivity index (χ2v) is 8.54. The summed E-state index contributed by atoms with van der Waals surface area (Å²) in [5.41, 5.74) is 2.02. The summed E-state index contributed by atoms with van der Waals surface area (Å²) < 4.78 is 0. The Hall–Kier alpha value is -3.85. The maximum atomic E-state index is 10.0. The van der Waals surface area contributed by atoms with Crippen molar-refractivity contribution < 1.29 is 30.0 Å². The van der Waals surface area contributed by atoms with Crippen LogP contribution in [0.4, 0.5) is 0 Å². The molecule has 0 saturated carbocycles. The van der Waals surface area contributed by atoms with Gasteiger partial charge in [0.05, 0.1) is 5.76 Å². The van der Waals surface area contributed by atoms with Gasteiger partial charge in [-0.3, -0.25) is 4.79 Å². The summed E-state index contributed by atoms with van der Waals surface area (Å²) >= 11 is 0. The van der Waals surface area contributed by atoms with E-state index in [4.69, 9.17) is 10.1 Å². The molecule has 6 rings (SSSR count). The first-order valence-electron chi connectivity index (χ1n) is 11.5. The Kier molecular flexibility index (Phi) is 7.59. The largest absolute Gasteiger partial charge is 0.512 e. The van der Waals surface area contributed by atoms with E-state index >= 15 is 0 Å². The predicted octanol–water partition coefficient (Wildman–Crippen LogP) is 8.20. The number of hydrogen-bond acceptors (Lipinski definition) is 3. The molecule has 1 heterocycles. The second kappa shape index (κ2) is 10.8. The number of fused-ring (bicyclic) bond motifs is 7. The second-order valence-electron chi connectivity index (χ2n) is 8.54. The summed E-state index contributed by atoms with van der Waals surface area (Å²) in [6.45, 7) is 2.85. The first kappa shape index (κ1) is 25.2. The summed E-state index contributed by atoms with van der Waals surface area (Å²) in [7, 11) is 0. The first-order valence-corrected chi connectivity index (χ1v) is 11.5. The van der Waals surface area contributed by atoms with E-state index in [0.717, 1.165) is 11.3 Å². The Morgan fingerprint density at radius 2 is 1.28 bits per heavy atom. The van der Waals surface area contributed by atoms with Crippen LogP contribution >= 0.6 is 0 Å². The molecule has 0 saturated heterocycles. The molecular formula is C32H24IrNO2-. The molecule has 0 aliphatic carbocycles. The molecule has 179 valence electrons. The molecular weight excluding hydrogens is 623 g/mol. The SMILES string of the molecule is CC(=O)/C=C(/C)O.[Ir].[c-]1ccc2ccccc2c1-c1cc2c3ccccc3c3ccccc3c2cn1. The summed E-state index contributed by atoms with van der Waals surface area (Å²) in [6, 6.07) is 35.4. The van der Waals surface area contributed by atoms with E-state index in [9.17, 15) is 4.79 Å². The monoisotopic (exact) mass is 647 g/mol. The van der Waals surface area contributed by atoms with Gasteiger partial charge in [-0.15, -0.1) is 29.1 Å². The molecule has 5 aromatic carbocycles. The van der Waals surface area contributed by atoms with Crippen LogP contribution in [0.5, 0.6) is 0 Å². The minimum Gasteiger partial charge on any atom is -0.512 e. The normalized spacial score (nSPS) is 11.2. The van der Waals surface area contributed by atoms with Crippen LogP contribution in [0, 0.1) is 6.07 Å². The van der Waals surface area contributed by atoms with Crippen LogP contribution < -0.4 is 0 Å². The van der Waals surface area contributed by atoms with Gasteiger partial charge in [0.25, 0.3) is 0 Å². The van der Waals surface area contributed by atoms with Gasteiger partial charge in [-0.2, -0.15) is 0 Å². The first-order chi connectivity index (χ1) is 17.0. The van der Waals surface area contributed by atoms with Gasteiger partial charge < -0.3 is 10.1 Å². The van der Waals surface area contributed by atoms with Crippen LogP contribution in [0.15, 0.2) is 109 Å². The van der Waals surface area contributed by atoms with Gasteiger partial charge in [0, 0.05) is 37.8 Å². The van der Waals surface area contributed by atoms with Gasteiger partial charge in [0.1, 0.15) is 0 Å². The molecule has 3 nitrogen and oxygen atoms in total. The molecule has 36 heavy (non-hydrogen) atoms. The zero-order valence-corrected chi connectivity index (χ0v) is 22.3. The van der Waals surface area contributed by atoms with Crippen LogP contribution in [0.2, 0.25) is 0 Å². The minimum atomic E-state index is -0.125. The Bertz CT molecular complexity index is 1710. The molecule has 0 fully saturated rings. The van der Waals surface area contributed by atoms with Crippen molar-refractivity contribution in [3.8, 4) is 11.3 Å². The van der Waals surface area contributed by atoms with E-state index in [1.165, 1.54) is 63.0 Å². The fourth-order valence-electron chi connectivity index (χ4n) is 4.60. The fourth-order valence-corrected chi connectivity index (χ4v) is 4.60. The van der Waals surface area contributed by atoms with Crippen molar-refractivity contribution >= 4 is 48.9 Å². The molecule has 0 spiro atoms. The number of aliphatic hydroxyl groups is 1. The molecule has 0 bridgehead atoms. The van der Waals surface area contributed by atoms with Crippen LogP contribution in [0.25, 0.3) is 54.3 Å². The average Bonchev–Trinajstić information content (AvgIpc) is 2.88. The van der Waals surface area contributed by atoms with E-state index in [1.54, 1.807) is 0 Å². The summed E-state index contributed by atoms with van der Waals surface area (Å²) in [5.74, 6) is -0.0625. The number of allylic oxidation sites excluding steroid dienone is 2. The van der Waals surface area contributed by atoms with Crippen LogP contribution in [-0.4, -0.2) is 15.9 Å². The number of carbonyl (C=O) groups excluding carboxylic acids is 1. The van der Waals surface area contributed by atoms with Gasteiger partial charge in [0.2, 0.25) is 0 Å². The van der Waals surface area contributed by atoms with Gasteiger partial charge in [-0.25, -0.2) is 0 Å².